The summed E-state index contributed by atoms with van der Waals surface area (Å²) in [6.07, 6.45) is 10.2. The van der Waals surface area contributed by atoms with Crippen LogP contribution in [-0.2, 0) is 9.53 Å². The van der Waals surface area contributed by atoms with Gasteiger partial charge in [-0.1, -0.05) is 31.6 Å². The number of carbonyl (C=O) groups excluding carboxylic acids is 1. The molecule has 1 aliphatic carbocycles. The van der Waals surface area contributed by atoms with E-state index in [4.69, 9.17) is 4.74 Å². The van der Waals surface area contributed by atoms with Gasteiger partial charge in [-0.2, -0.15) is 0 Å². The van der Waals surface area contributed by atoms with E-state index >= 15 is 0 Å². The third-order valence-electron chi connectivity index (χ3n) is 2.92. The van der Waals surface area contributed by atoms with Gasteiger partial charge >= 0.3 is 5.97 Å². The van der Waals surface area contributed by atoms with E-state index in [1.807, 2.05) is 26.0 Å². The SMILES string of the molecule is CCCC(C)(C)C(=O)OCC1=CC=CCC1. The molecule has 2 heteroatoms. The van der Waals surface area contributed by atoms with Gasteiger partial charge < -0.3 is 4.74 Å². The van der Waals surface area contributed by atoms with Crippen LogP contribution < -0.4 is 0 Å². The Balaban J connectivity index is 2.40. The summed E-state index contributed by atoms with van der Waals surface area (Å²) >= 11 is 0. The molecule has 0 amide bonds. The summed E-state index contributed by atoms with van der Waals surface area (Å²) in [6, 6.07) is 0. The molecule has 0 spiro atoms. The van der Waals surface area contributed by atoms with Gasteiger partial charge in [0.05, 0.1) is 5.41 Å². The van der Waals surface area contributed by atoms with Crippen molar-refractivity contribution in [1.29, 1.82) is 0 Å². The number of ether oxygens (including phenoxy) is 1. The van der Waals surface area contributed by atoms with E-state index in [9.17, 15) is 4.79 Å². The highest BCUT2D eigenvalue weighted by atomic mass is 16.5. The smallest absolute Gasteiger partial charge is 0.311 e. The molecule has 0 heterocycles. The molecule has 0 radical (unpaired) electrons. The molecular formula is C14H22O2. The van der Waals surface area contributed by atoms with Crippen LogP contribution in [0.3, 0.4) is 0 Å². The van der Waals surface area contributed by atoms with Gasteiger partial charge in [0.15, 0.2) is 0 Å². The van der Waals surface area contributed by atoms with Crippen LogP contribution in [0.15, 0.2) is 23.8 Å². The van der Waals surface area contributed by atoms with Crippen molar-refractivity contribution in [2.45, 2.75) is 46.5 Å². The Morgan fingerprint density at radius 3 is 2.81 bits per heavy atom. The molecule has 1 rings (SSSR count). The lowest BCUT2D eigenvalue weighted by Gasteiger charge is -2.22. The number of esters is 1. The zero-order chi connectivity index (χ0) is 12.0. The van der Waals surface area contributed by atoms with Crippen molar-refractivity contribution in [1.82, 2.24) is 0 Å². The van der Waals surface area contributed by atoms with Crippen molar-refractivity contribution in [2.75, 3.05) is 6.61 Å². The third kappa shape index (κ3) is 3.84. The van der Waals surface area contributed by atoms with Crippen LogP contribution in [0.5, 0.6) is 0 Å². The average molecular weight is 222 g/mol. The molecule has 0 saturated heterocycles. The molecule has 16 heavy (non-hydrogen) atoms. The fourth-order valence-electron chi connectivity index (χ4n) is 1.85. The highest BCUT2D eigenvalue weighted by Gasteiger charge is 2.28. The van der Waals surface area contributed by atoms with Gasteiger partial charge in [0, 0.05) is 0 Å². The summed E-state index contributed by atoms with van der Waals surface area (Å²) in [5, 5.41) is 0. The van der Waals surface area contributed by atoms with Gasteiger partial charge in [0.1, 0.15) is 6.61 Å². The lowest BCUT2D eigenvalue weighted by molar-refractivity contribution is -0.153. The summed E-state index contributed by atoms with van der Waals surface area (Å²) in [7, 11) is 0. The van der Waals surface area contributed by atoms with Crippen LogP contribution in [0.1, 0.15) is 46.5 Å². The Bertz CT molecular complexity index is 298. The van der Waals surface area contributed by atoms with Crippen LogP contribution in [0.2, 0.25) is 0 Å². The van der Waals surface area contributed by atoms with Crippen molar-refractivity contribution in [2.24, 2.45) is 5.41 Å². The van der Waals surface area contributed by atoms with Gasteiger partial charge in [0.2, 0.25) is 0 Å². The first-order chi connectivity index (χ1) is 7.56. The summed E-state index contributed by atoms with van der Waals surface area (Å²) in [5.41, 5.74) is 0.864. The number of rotatable bonds is 5. The molecule has 0 aromatic carbocycles. The topological polar surface area (TPSA) is 26.3 Å². The Morgan fingerprint density at radius 1 is 1.50 bits per heavy atom. The van der Waals surface area contributed by atoms with E-state index in [-0.39, 0.29) is 11.4 Å². The molecule has 90 valence electrons. The summed E-state index contributed by atoms with van der Waals surface area (Å²) in [4.78, 5) is 11.8. The lowest BCUT2D eigenvalue weighted by atomic mass is 9.88. The van der Waals surface area contributed by atoms with Crippen molar-refractivity contribution >= 4 is 5.97 Å². The van der Waals surface area contributed by atoms with Gasteiger partial charge in [0.25, 0.3) is 0 Å². The van der Waals surface area contributed by atoms with Crippen LogP contribution in [-0.4, -0.2) is 12.6 Å². The Morgan fingerprint density at radius 2 is 2.25 bits per heavy atom. The average Bonchev–Trinajstić information content (AvgIpc) is 2.27. The fraction of sp³-hybridized carbons (Fsp3) is 0.643. The molecule has 0 saturated carbocycles. The minimum Gasteiger partial charge on any atom is -0.461 e. The van der Waals surface area contributed by atoms with E-state index < -0.39 is 0 Å². The first-order valence-electron chi connectivity index (χ1n) is 6.08. The zero-order valence-electron chi connectivity index (χ0n) is 10.6. The summed E-state index contributed by atoms with van der Waals surface area (Å²) < 4.78 is 5.36. The van der Waals surface area contributed by atoms with Gasteiger partial charge in [-0.25, -0.2) is 0 Å². The lowest BCUT2D eigenvalue weighted by Crippen LogP contribution is -2.27. The monoisotopic (exact) mass is 222 g/mol. The highest BCUT2D eigenvalue weighted by Crippen LogP contribution is 2.24. The first kappa shape index (κ1) is 13.0. The predicted octanol–water partition coefficient (Wildman–Crippen LogP) is 3.63. The normalized spacial score (nSPS) is 15.8. The van der Waals surface area contributed by atoms with Crippen molar-refractivity contribution < 1.29 is 9.53 Å². The van der Waals surface area contributed by atoms with Crippen LogP contribution in [0.25, 0.3) is 0 Å². The van der Waals surface area contributed by atoms with Gasteiger partial charge in [-0.15, -0.1) is 0 Å². The maximum atomic E-state index is 11.8. The van der Waals surface area contributed by atoms with Crippen molar-refractivity contribution in [3.63, 3.8) is 0 Å². The van der Waals surface area contributed by atoms with Crippen molar-refractivity contribution in [3.05, 3.63) is 23.8 Å². The Hall–Kier alpha value is -1.05. The molecule has 0 aliphatic heterocycles. The van der Waals surface area contributed by atoms with E-state index in [1.165, 1.54) is 5.57 Å². The number of hydrogen-bond acceptors (Lipinski definition) is 2. The zero-order valence-corrected chi connectivity index (χ0v) is 10.6. The van der Waals surface area contributed by atoms with Crippen LogP contribution in [0.4, 0.5) is 0 Å². The Labute approximate surface area is 98.4 Å². The molecule has 0 aromatic heterocycles. The van der Waals surface area contributed by atoms with E-state index in [1.54, 1.807) is 0 Å². The predicted molar refractivity (Wildman–Crippen MR) is 66.1 cm³/mol. The number of hydrogen-bond donors (Lipinski definition) is 0. The number of allylic oxidation sites excluding steroid dienone is 3. The Kier molecular flexibility index (Phi) is 4.78. The second kappa shape index (κ2) is 5.88. The van der Waals surface area contributed by atoms with Crippen molar-refractivity contribution in [3.8, 4) is 0 Å². The standard InChI is InChI=1S/C14H22O2/c1-4-10-14(2,3)13(15)16-11-12-8-6-5-7-9-12/h5-6,8H,4,7,9-11H2,1-3H3. The molecule has 0 atom stereocenters. The first-order valence-corrected chi connectivity index (χ1v) is 6.08. The minimum atomic E-state index is -0.347. The maximum absolute atomic E-state index is 11.8. The molecule has 1 aliphatic rings. The highest BCUT2D eigenvalue weighted by molar-refractivity contribution is 5.76. The van der Waals surface area contributed by atoms with E-state index in [2.05, 4.69) is 13.0 Å². The van der Waals surface area contributed by atoms with E-state index in [0.717, 1.165) is 25.7 Å². The van der Waals surface area contributed by atoms with Gasteiger partial charge in [-0.05, 0) is 38.7 Å². The minimum absolute atomic E-state index is 0.0789. The van der Waals surface area contributed by atoms with E-state index in [0.29, 0.717) is 6.61 Å². The molecule has 2 nitrogen and oxygen atoms in total. The largest absolute Gasteiger partial charge is 0.461 e. The summed E-state index contributed by atoms with van der Waals surface area (Å²) in [6.45, 7) is 6.45. The second-order valence-electron chi connectivity index (χ2n) is 5.00. The molecular weight excluding hydrogens is 200 g/mol. The molecule has 0 N–H and O–H groups in total. The quantitative estimate of drug-likeness (QED) is 0.664. The fourth-order valence-corrected chi connectivity index (χ4v) is 1.85. The number of carbonyl (C=O) groups is 1. The summed E-state index contributed by atoms with van der Waals surface area (Å²) in [5.74, 6) is -0.0789. The molecule has 0 bridgehead atoms. The van der Waals surface area contributed by atoms with Gasteiger partial charge in [-0.3, -0.25) is 4.79 Å². The maximum Gasteiger partial charge on any atom is 0.311 e. The molecule has 0 aromatic rings. The molecule has 0 unspecified atom stereocenters. The van der Waals surface area contributed by atoms with Crippen LogP contribution in [0, 0.1) is 5.41 Å². The third-order valence-corrected chi connectivity index (χ3v) is 2.92. The second-order valence-corrected chi connectivity index (χ2v) is 5.00. The van der Waals surface area contributed by atoms with Crippen LogP contribution >= 0.6 is 0 Å². The molecule has 0 fully saturated rings.